The summed E-state index contributed by atoms with van der Waals surface area (Å²) in [6.45, 7) is 0. The molecule has 0 aromatic heterocycles. The van der Waals surface area contributed by atoms with Crippen molar-refractivity contribution < 1.29 is 0 Å². The minimum Gasteiger partial charge on any atom is -0.0616 e. The number of hydrogen-bond acceptors (Lipinski definition) is 0. The minimum atomic E-state index is 1.30. The molecular formula is C24H14. The van der Waals surface area contributed by atoms with Crippen molar-refractivity contribution >= 4 is 55.2 Å². The van der Waals surface area contributed by atoms with E-state index in [0.29, 0.717) is 0 Å². The van der Waals surface area contributed by atoms with Gasteiger partial charge in [-0.3, -0.25) is 0 Å². The molecule has 1 aliphatic rings. The molecule has 0 spiro atoms. The predicted molar refractivity (Wildman–Crippen MR) is 105 cm³/mol. The van der Waals surface area contributed by atoms with Gasteiger partial charge in [0.05, 0.1) is 0 Å². The molecule has 0 amide bonds. The Kier molecular flexibility index (Phi) is 2.18. The first-order chi connectivity index (χ1) is 11.9. The van der Waals surface area contributed by atoms with Crippen LogP contribution in [0.25, 0.3) is 55.2 Å². The molecule has 0 fully saturated rings. The average molecular weight is 302 g/mol. The standard InChI is InChI=1S/C24H14/c1-2-6-20-15(4-1)8-10-17-12-19-13-18-11-9-16-5-3-7-21(24(16)18)23(19)14-22(17)20/h1-14H. The van der Waals surface area contributed by atoms with Crippen LogP contribution in [0, 0.1) is 0 Å². The van der Waals surface area contributed by atoms with Crippen LogP contribution in [0.2, 0.25) is 0 Å². The van der Waals surface area contributed by atoms with Gasteiger partial charge in [0.15, 0.2) is 0 Å². The van der Waals surface area contributed by atoms with Gasteiger partial charge in [0.2, 0.25) is 0 Å². The van der Waals surface area contributed by atoms with Crippen LogP contribution in [0.5, 0.6) is 0 Å². The quantitative estimate of drug-likeness (QED) is 0.214. The van der Waals surface area contributed by atoms with E-state index in [4.69, 9.17) is 0 Å². The topological polar surface area (TPSA) is 0 Å². The Bertz CT molecular complexity index is 1340. The van der Waals surface area contributed by atoms with Crippen molar-refractivity contribution in [1.29, 1.82) is 0 Å². The maximum atomic E-state index is 2.38. The molecule has 0 heterocycles. The second-order valence-electron chi connectivity index (χ2n) is 6.65. The first-order valence-electron chi connectivity index (χ1n) is 8.37. The number of fused-ring (bicyclic) bond motifs is 5. The van der Waals surface area contributed by atoms with Crippen LogP contribution in [0.4, 0.5) is 0 Å². The first-order valence-corrected chi connectivity index (χ1v) is 8.37. The SMILES string of the molecule is C1=Cc2cc3cc4ccc5ccccc5c4cc3c3cccc1c23. The third-order valence-corrected chi connectivity index (χ3v) is 5.34. The molecule has 0 bridgehead atoms. The van der Waals surface area contributed by atoms with E-state index in [9.17, 15) is 0 Å². The fourth-order valence-electron chi connectivity index (χ4n) is 4.23. The Labute approximate surface area is 139 Å². The van der Waals surface area contributed by atoms with Crippen molar-refractivity contribution in [2.45, 2.75) is 0 Å². The Morgan fingerprint density at radius 2 is 1.21 bits per heavy atom. The van der Waals surface area contributed by atoms with Crippen molar-refractivity contribution in [3.05, 3.63) is 83.9 Å². The molecule has 5 aromatic rings. The molecule has 5 aromatic carbocycles. The maximum absolute atomic E-state index is 2.38. The average Bonchev–Trinajstić information content (AvgIpc) is 3.05. The lowest BCUT2D eigenvalue weighted by atomic mass is 9.93. The van der Waals surface area contributed by atoms with E-state index < -0.39 is 0 Å². The molecule has 0 saturated heterocycles. The number of hydrogen-bond donors (Lipinski definition) is 0. The molecule has 0 heteroatoms. The van der Waals surface area contributed by atoms with Crippen LogP contribution in [-0.4, -0.2) is 0 Å². The number of rotatable bonds is 0. The summed E-state index contributed by atoms with van der Waals surface area (Å²) in [5, 5.41) is 10.7. The van der Waals surface area contributed by atoms with E-state index in [1.807, 2.05) is 0 Å². The van der Waals surface area contributed by atoms with E-state index in [0.717, 1.165) is 0 Å². The smallest absolute Gasteiger partial charge is 0.00324 e. The Morgan fingerprint density at radius 1 is 0.417 bits per heavy atom. The van der Waals surface area contributed by atoms with Gasteiger partial charge in [-0.15, -0.1) is 0 Å². The lowest BCUT2D eigenvalue weighted by Gasteiger charge is -2.10. The van der Waals surface area contributed by atoms with Crippen LogP contribution in [0.15, 0.2) is 72.8 Å². The van der Waals surface area contributed by atoms with Crippen molar-refractivity contribution in [3.8, 4) is 0 Å². The highest BCUT2D eigenvalue weighted by atomic mass is 14.2. The van der Waals surface area contributed by atoms with Crippen LogP contribution in [0.1, 0.15) is 11.1 Å². The van der Waals surface area contributed by atoms with Crippen molar-refractivity contribution in [1.82, 2.24) is 0 Å². The van der Waals surface area contributed by atoms with Gasteiger partial charge in [0.1, 0.15) is 0 Å². The fraction of sp³-hybridized carbons (Fsp3) is 0. The molecular weight excluding hydrogens is 288 g/mol. The fourth-order valence-corrected chi connectivity index (χ4v) is 4.23. The molecule has 1 aliphatic carbocycles. The van der Waals surface area contributed by atoms with Crippen LogP contribution < -0.4 is 0 Å². The van der Waals surface area contributed by atoms with Gasteiger partial charge in [0, 0.05) is 0 Å². The first kappa shape index (κ1) is 12.3. The van der Waals surface area contributed by atoms with E-state index in [-0.39, 0.29) is 0 Å². The minimum absolute atomic E-state index is 1.30. The summed E-state index contributed by atoms with van der Waals surface area (Å²) in [4.78, 5) is 0. The zero-order chi connectivity index (χ0) is 15.7. The van der Waals surface area contributed by atoms with Gasteiger partial charge in [-0.1, -0.05) is 66.7 Å². The van der Waals surface area contributed by atoms with E-state index in [2.05, 4.69) is 84.9 Å². The number of benzene rings is 5. The van der Waals surface area contributed by atoms with Crippen molar-refractivity contribution in [3.63, 3.8) is 0 Å². The van der Waals surface area contributed by atoms with Crippen molar-refractivity contribution in [2.75, 3.05) is 0 Å². The summed E-state index contributed by atoms with van der Waals surface area (Å²) in [6, 6.07) is 26.8. The highest BCUT2D eigenvalue weighted by molar-refractivity contribution is 6.21. The van der Waals surface area contributed by atoms with Gasteiger partial charge in [-0.25, -0.2) is 0 Å². The second kappa shape index (κ2) is 4.24. The molecule has 0 saturated carbocycles. The third-order valence-electron chi connectivity index (χ3n) is 5.34. The van der Waals surface area contributed by atoms with Gasteiger partial charge < -0.3 is 0 Å². The Hall–Kier alpha value is -3.12. The molecule has 24 heavy (non-hydrogen) atoms. The molecule has 0 nitrogen and oxygen atoms in total. The lowest BCUT2D eigenvalue weighted by Crippen LogP contribution is -1.84. The van der Waals surface area contributed by atoms with Crippen LogP contribution >= 0.6 is 0 Å². The molecule has 0 aliphatic heterocycles. The lowest BCUT2D eigenvalue weighted by molar-refractivity contribution is 1.75. The Balaban J connectivity index is 1.89. The molecule has 0 atom stereocenters. The molecule has 110 valence electrons. The maximum Gasteiger partial charge on any atom is -0.00324 e. The Morgan fingerprint density at radius 3 is 2.21 bits per heavy atom. The second-order valence-corrected chi connectivity index (χ2v) is 6.65. The monoisotopic (exact) mass is 302 g/mol. The zero-order valence-electron chi connectivity index (χ0n) is 13.1. The molecule has 0 N–H and O–H groups in total. The summed E-state index contributed by atoms with van der Waals surface area (Å²) >= 11 is 0. The molecule has 0 radical (unpaired) electrons. The summed E-state index contributed by atoms with van der Waals surface area (Å²) in [5.41, 5.74) is 2.68. The van der Waals surface area contributed by atoms with Gasteiger partial charge in [0.25, 0.3) is 0 Å². The molecule has 6 rings (SSSR count). The van der Waals surface area contributed by atoms with Crippen molar-refractivity contribution in [2.24, 2.45) is 0 Å². The van der Waals surface area contributed by atoms with Gasteiger partial charge in [-0.05, 0) is 72.4 Å². The van der Waals surface area contributed by atoms with E-state index in [1.165, 1.54) is 54.2 Å². The highest BCUT2D eigenvalue weighted by Crippen LogP contribution is 2.38. The summed E-state index contributed by atoms with van der Waals surface area (Å²) in [6.07, 6.45) is 4.47. The molecule has 0 unspecified atom stereocenters. The van der Waals surface area contributed by atoms with Gasteiger partial charge >= 0.3 is 0 Å². The largest absolute Gasteiger partial charge is 0.0616 e. The van der Waals surface area contributed by atoms with E-state index in [1.54, 1.807) is 0 Å². The summed E-state index contributed by atoms with van der Waals surface area (Å²) < 4.78 is 0. The summed E-state index contributed by atoms with van der Waals surface area (Å²) in [7, 11) is 0. The predicted octanol–water partition coefficient (Wildman–Crippen LogP) is 6.78. The highest BCUT2D eigenvalue weighted by Gasteiger charge is 2.13. The van der Waals surface area contributed by atoms with Crippen LogP contribution in [0.3, 0.4) is 0 Å². The van der Waals surface area contributed by atoms with Crippen LogP contribution in [-0.2, 0) is 0 Å². The third kappa shape index (κ3) is 1.48. The zero-order valence-corrected chi connectivity index (χ0v) is 13.1. The normalized spacial score (nSPS) is 12.8. The summed E-state index contributed by atoms with van der Waals surface area (Å²) in [5.74, 6) is 0. The van der Waals surface area contributed by atoms with Gasteiger partial charge in [-0.2, -0.15) is 0 Å². The van der Waals surface area contributed by atoms with E-state index >= 15 is 0 Å².